The van der Waals surface area contributed by atoms with Crippen molar-refractivity contribution in [3.63, 3.8) is 0 Å². The molecule has 7 nitrogen and oxygen atoms in total. The van der Waals surface area contributed by atoms with Gasteiger partial charge in [-0.3, -0.25) is 4.68 Å². The second-order valence-corrected chi connectivity index (χ2v) is 6.10. The van der Waals surface area contributed by atoms with Gasteiger partial charge in [-0.1, -0.05) is 0 Å². The van der Waals surface area contributed by atoms with Crippen LogP contribution in [0.2, 0.25) is 0 Å². The van der Waals surface area contributed by atoms with E-state index in [0.29, 0.717) is 36.9 Å². The molecule has 1 aliphatic rings. The fourth-order valence-corrected chi connectivity index (χ4v) is 2.93. The van der Waals surface area contributed by atoms with Crippen LogP contribution in [0.25, 0.3) is 0 Å². The van der Waals surface area contributed by atoms with E-state index in [1.165, 1.54) is 5.56 Å². The Morgan fingerprint density at radius 1 is 1.44 bits per heavy atom. The minimum absolute atomic E-state index is 0.0604. The van der Waals surface area contributed by atoms with E-state index in [2.05, 4.69) is 16.5 Å². The van der Waals surface area contributed by atoms with Crippen LogP contribution in [0.15, 0.2) is 36.7 Å². The molecule has 3 rings (SSSR count). The highest BCUT2D eigenvalue weighted by molar-refractivity contribution is 5.74. The fourth-order valence-electron chi connectivity index (χ4n) is 2.93. The number of carbonyl (C=O) groups excluding carboxylic acids is 1. The van der Waals surface area contributed by atoms with Crippen LogP contribution < -0.4 is 10.1 Å². The Bertz CT molecular complexity index is 763. The molecule has 1 unspecified atom stereocenters. The maximum atomic E-state index is 12.2. The Labute approximate surface area is 146 Å². The molecule has 130 valence electrons. The molecule has 1 saturated heterocycles. The normalized spacial score (nSPS) is 16.5. The molecule has 0 spiro atoms. The Kier molecular flexibility index (Phi) is 5.19. The number of nitriles is 1. The highest BCUT2D eigenvalue weighted by Gasteiger charge is 2.27. The van der Waals surface area contributed by atoms with Crippen LogP contribution in [0.4, 0.5) is 4.79 Å². The lowest BCUT2D eigenvalue weighted by Crippen LogP contribution is -2.40. The maximum Gasteiger partial charge on any atom is 0.317 e. The van der Waals surface area contributed by atoms with Crippen molar-refractivity contribution in [2.24, 2.45) is 7.05 Å². The minimum Gasteiger partial charge on any atom is -0.492 e. The molecular formula is C18H21N5O2. The molecule has 2 amide bonds. The average Bonchev–Trinajstić information content (AvgIpc) is 3.28. The molecule has 1 N–H and O–H groups in total. The Hall–Kier alpha value is -3.01. The van der Waals surface area contributed by atoms with E-state index in [4.69, 9.17) is 10.00 Å². The molecule has 0 bridgehead atoms. The number of carbonyl (C=O) groups is 1. The standard InChI is InChI=1S/C18H21N5O2/c1-22-12-16(11-21-22)15-6-8-23(13-15)18(24)20-7-9-25-17-4-2-14(10-19)3-5-17/h2-5,11-12,15H,6-9,13H2,1H3,(H,20,24). The topological polar surface area (TPSA) is 83.2 Å². The van der Waals surface area contributed by atoms with Crippen molar-refractivity contribution in [1.29, 1.82) is 5.26 Å². The molecule has 1 aromatic carbocycles. The highest BCUT2D eigenvalue weighted by atomic mass is 16.5. The first-order valence-corrected chi connectivity index (χ1v) is 8.30. The number of aryl methyl sites for hydroxylation is 1. The number of aromatic nitrogens is 2. The van der Waals surface area contributed by atoms with Gasteiger partial charge in [0.2, 0.25) is 0 Å². The van der Waals surface area contributed by atoms with Crippen molar-refractivity contribution in [3.8, 4) is 11.8 Å². The number of hydrogen-bond donors (Lipinski definition) is 1. The van der Waals surface area contributed by atoms with Gasteiger partial charge in [-0.25, -0.2) is 4.79 Å². The third-order valence-electron chi connectivity index (χ3n) is 4.30. The van der Waals surface area contributed by atoms with Crippen molar-refractivity contribution < 1.29 is 9.53 Å². The summed E-state index contributed by atoms with van der Waals surface area (Å²) >= 11 is 0. The van der Waals surface area contributed by atoms with Crippen molar-refractivity contribution in [3.05, 3.63) is 47.8 Å². The Morgan fingerprint density at radius 2 is 2.24 bits per heavy atom. The van der Waals surface area contributed by atoms with Crippen molar-refractivity contribution in [2.75, 3.05) is 26.2 Å². The summed E-state index contributed by atoms with van der Waals surface area (Å²) in [4.78, 5) is 14.1. The van der Waals surface area contributed by atoms with Gasteiger partial charge >= 0.3 is 6.03 Å². The molecule has 0 saturated carbocycles. The fraction of sp³-hybridized carbons (Fsp3) is 0.389. The molecule has 1 aromatic heterocycles. The van der Waals surface area contributed by atoms with Crippen LogP contribution in [-0.2, 0) is 7.05 Å². The lowest BCUT2D eigenvalue weighted by Gasteiger charge is -2.17. The van der Waals surface area contributed by atoms with Crippen LogP contribution in [0.5, 0.6) is 5.75 Å². The van der Waals surface area contributed by atoms with E-state index in [1.807, 2.05) is 24.3 Å². The van der Waals surface area contributed by atoms with E-state index >= 15 is 0 Å². The molecule has 0 aliphatic carbocycles. The third-order valence-corrected chi connectivity index (χ3v) is 4.30. The largest absolute Gasteiger partial charge is 0.492 e. The van der Waals surface area contributed by atoms with Crippen LogP contribution in [0.3, 0.4) is 0 Å². The van der Waals surface area contributed by atoms with E-state index < -0.39 is 0 Å². The zero-order valence-corrected chi connectivity index (χ0v) is 14.2. The summed E-state index contributed by atoms with van der Waals surface area (Å²) in [7, 11) is 1.90. The number of benzene rings is 1. The summed E-state index contributed by atoms with van der Waals surface area (Å²) in [5.41, 5.74) is 1.78. The summed E-state index contributed by atoms with van der Waals surface area (Å²) in [6, 6.07) is 8.91. The zero-order valence-electron chi connectivity index (χ0n) is 14.2. The van der Waals surface area contributed by atoms with Crippen LogP contribution in [0, 0.1) is 11.3 Å². The minimum atomic E-state index is -0.0604. The lowest BCUT2D eigenvalue weighted by molar-refractivity contribution is 0.204. The molecule has 25 heavy (non-hydrogen) atoms. The third kappa shape index (κ3) is 4.29. The number of hydrogen-bond acceptors (Lipinski definition) is 4. The lowest BCUT2D eigenvalue weighted by atomic mass is 10.0. The SMILES string of the molecule is Cn1cc(C2CCN(C(=O)NCCOc3ccc(C#N)cc3)C2)cn1. The Balaban J connectivity index is 1.38. The number of rotatable bonds is 5. The first-order valence-electron chi connectivity index (χ1n) is 8.30. The summed E-state index contributed by atoms with van der Waals surface area (Å²) in [6.45, 7) is 2.29. The van der Waals surface area contributed by atoms with E-state index in [-0.39, 0.29) is 6.03 Å². The van der Waals surface area contributed by atoms with Crippen LogP contribution >= 0.6 is 0 Å². The molecule has 2 aromatic rings. The Morgan fingerprint density at radius 3 is 2.92 bits per heavy atom. The van der Waals surface area contributed by atoms with Gasteiger partial charge in [0.1, 0.15) is 12.4 Å². The van der Waals surface area contributed by atoms with Gasteiger partial charge in [0.15, 0.2) is 0 Å². The maximum absolute atomic E-state index is 12.2. The van der Waals surface area contributed by atoms with Gasteiger partial charge in [0, 0.05) is 32.3 Å². The van der Waals surface area contributed by atoms with Crippen molar-refractivity contribution >= 4 is 6.03 Å². The number of ether oxygens (including phenoxy) is 1. The second kappa shape index (κ2) is 7.71. The van der Waals surface area contributed by atoms with Gasteiger partial charge in [-0.2, -0.15) is 10.4 Å². The number of likely N-dealkylation sites (tertiary alicyclic amines) is 1. The van der Waals surface area contributed by atoms with Gasteiger partial charge < -0.3 is 15.0 Å². The van der Waals surface area contributed by atoms with Gasteiger partial charge in [-0.05, 0) is 36.2 Å². The monoisotopic (exact) mass is 339 g/mol. The number of nitrogens with one attached hydrogen (secondary N) is 1. The summed E-state index contributed by atoms with van der Waals surface area (Å²) < 4.78 is 7.35. The molecule has 1 fully saturated rings. The van der Waals surface area contributed by atoms with Gasteiger partial charge in [0.05, 0.1) is 24.4 Å². The highest BCUT2D eigenvalue weighted by Crippen LogP contribution is 2.26. The summed E-state index contributed by atoms with van der Waals surface area (Å²) in [5, 5.41) is 15.8. The van der Waals surface area contributed by atoms with Crippen molar-refractivity contribution in [1.82, 2.24) is 20.0 Å². The molecule has 1 aliphatic heterocycles. The quantitative estimate of drug-likeness (QED) is 0.843. The summed E-state index contributed by atoms with van der Waals surface area (Å²) in [6.07, 6.45) is 4.84. The number of amides is 2. The molecule has 0 radical (unpaired) electrons. The summed E-state index contributed by atoms with van der Waals surface area (Å²) in [5.74, 6) is 1.04. The molecule has 2 heterocycles. The van der Waals surface area contributed by atoms with E-state index in [0.717, 1.165) is 13.0 Å². The first kappa shape index (κ1) is 16.8. The average molecular weight is 339 g/mol. The number of urea groups is 1. The van der Waals surface area contributed by atoms with E-state index in [9.17, 15) is 4.79 Å². The smallest absolute Gasteiger partial charge is 0.317 e. The van der Waals surface area contributed by atoms with Crippen LogP contribution in [0.1, 0.15) is 23.5 Å². The molecule has 1 atom stereocenters. The zero-order chi connectivity index (χ0) is 17.6. The number of nitrogens with zero attached hydrogens (tertiary/aromatic N) is 4. The predicted molar refractivity (Wildman–Crippen MR) is 92.2 cm³/mol. The van der Waals surface area contributed by atoms with E-state index in [1.54, 1.807) is 28.9 Å². The first-order chi connectivity index (χ1) is 12.2. The van der Waals surface area contributed by atoms with Gasteiger partial charge in [-0.15, -0.1) is 0 Å². The second-order valence-electron chi connectivity index (χ2n) is 6.10. The molecular weight excluding hydrogens is 318 g/mol. The predicted octanol–water partition coefficient (Wildman–Crippen LogP) is 1.87. The van der Waals surface area contributed by atoms with Crippen LogP contribution in [-0.4, -0.2) is 47.0 Å². The van der Waals surface area contributed by atoms with Crippen molar-refractivity contribution in [2.45, 2.75) is 12.3 Å². The molecule has 7 heteroatoms. The van der Waals surface area contributed by atoms with Gasteiger partial charge in [0.25, 0.3) is 0 Å².